The Bertz CT molecular complexity index is 323. The van der Waals surface area contributed by atoms with Gasteiger partial charge in [0.05, 0.1) is 12.3 Å². The van der Waals surface area contributed by atoms with Gasteiger partial charge in [0.25, 0.3) is 0 Å². The average molecular weight is 283 g/mol. The van der Waals surface area contributed by atoms with Gasteiger partial charge < -0.3 is 14.6 Å². The summed E-state index contributed by atoms with van der Waals surface area (Å²) < 4.78 is 35.7. The van der Waals surface area contributed by atoms with Gasteiger partial charge in [-0.05, 0) is 20.3 Å². The van der Waals surface area contributed by atoms with Gasteiger partial charge in [0.1, 0.15) is 0 Å². The van der Waals surface area contributed by atoms with Crippen molar-refractivity contribution in [2.45, 2.75) is 33.0 Å². The zero-order valence-corrected chi connectivity index (χ0v) is 11.5. The molecule has 0 atom stereocenters. The van der Waals surface area contributed by atoms with Gasteiger partial charge in [-0.25, -0.2) is 13.1 Å². The van der Waals surface area contributed by atoms with Crippen LogP contribution in [-0.4, -0.2) is 51.3 Å². The van der Waals surface area contributed by atoms with Crippen LogP contribution in [0.3, 0.4) is 0 Å². The molecule has 0 saturated carbocycles. The summed E-state index contributed by atoms with van der Waals surface area (Å²) in [5.74, 6) is -1.23. The first-order valence-electron chi connectivity index (χ1n) is 5.83. The standard InChI is InChI=1S/C10H21NO6S/c1-3-16-10(17-4-2)8-11-18(14,15)7-5-6-9(12)13/h10-11H,3-8H2,1-2H3,(H,12,13). The minimum Gasteiger partial charge on any atom is -0.481 e. The van der Waals surface area contributed by atoms with Crippen molar-refractivity contribution < 1.29 is 27.8 Å². The minimum absolute atomic E-state index is 0.0249. The zero-order valence-electron chi connectivity index (χ0n) is 10.7. The first-order chi connectivity index (χ1) is 8.41. The molecule has 0 aromatic heterocycles. The highest BCUT2D eigenvalue weighted by Gasteiger charge is 2.15. The lowest BCUT2D eigenvalue weighted by Gasteiger charge is -2.17. The van der Waals surface area contributed by atoms with E-state index >= 15 is 0 Å². The quantitative estimate of drug-likeness (QED) is 0.524. The molecule has 108 valence electrons. The van der Waals surface area contributed by atoms with Crippen LogP contribution in [0.5, 0.6) is 0 Å². The van der Waals surface area contributed by atoms with Crippen molar-refractivity contribution in [3.05, 3.63) is 0 Å². The fourth-order valence-corrected chi connectivity index (χ4v) is 2.28. The van der Waals surface area contributed by atoms with E-state index in [0.717, 1.165) is 0 Å². The van der Waals surface area contributed by atoms with Crippen LogP contribution in [0.4, 0.5) is 0 Å². The van der Waals surface area contributed by atoms with Gasteiger partial charge >= 0.3 is 5.97 Å². The molecule has 0 saturated heterocycles. The van der Waals surface area contributed by atoms with Crippen molar-refractivity contribution >= 4 is 16.0 Å². The highest BCUT2D eigenvalue weighted by molar-refractivity contribution is 7.89. The molecular formula is C10H21NO6S. The maximum absolute atomic E-state index is 11.5. The molecule has 0 aromatic rings. The molecule has 0 radical (unpaired) electrons. The van der Waals surface area contributed by atoms with E-state index < -0.39 is 22.3 Å². The molecule has 0 spiro atoms. The van der Waals surface area contributed by atoms with Gasteiger partial charge in [0.15, 0.2) is 6.29 Å². The van der Waals surface area contributed by atoms with E-state index in [1.807, 2.05) is 0 Å². The summed E-state index contributed by atoms with van der Waals surface area (Å²) in [6.45, 7) is 4.44. The molecule has 0 bridgehead atoms. The summed E-state index contributed by atoms with van der Waals surface area (Å²) in [6.07, 6.45) is -0.700. The SMILES string of the molecule is CCOC(CNS(=O)(=O)CCCC(=O)O)OCC. The highest BCUT2D eigenvalue weighted by Crippen LogP contribution is 1.98. The van der Waals surface area contributed by atoms with E-state index in [2.05, 4.69) is 4.72 Å². The second-order valence-corrected chi connectivity index (χ2v) is 5.43. The van der Waals surface area contributed by atoms with Crippen molar-refractivity contribution in [2.75, 3.05) is 25.5 Å². The number of rotatable bonds is 11. The number of carboxylic acids is 1. The third kappa shape index (κ3) is 9.34. The predicted octanol–water partition coefficient (Wildman–Crippen LogP) is 0.170. The molecule has 0 fully saturated rings. The summed E-state index contributed by atoms with van der Waals surface area (Å²) in [7, 11) is -3.48. The van der Waals surface area contributed by atoms with Crippen LogP contribution in [0.15, 0.2) is 0 Å². The Morgan fingerprint density at radius 1 is 1.28 bits per heavy atom. The summed E-state index contributed by atoms with van der Waals surface area (Å²) in [5, 5.41) is 8.41. The largest absolute Gasteiger partial charge is 0.481 e. The van der Waals surface area contributed by atoms with Crippen LogP contribution in [0.1, 0.15) is 26.7 Å². The molecule has 0 aliphatic carbocycles. The Kier molecular flexibility index (Phi) is 8.90. The second-order valence-electron chi connectivity index (χ2n) is 3.50. The number of hydrogen-bond acceptors (Lipinski definition) is 5. The number of aliphatic carboxylic acids is 1. The molecule has 0 aromatic carbocycles. The summed E-state index contributed by atoms with van der Waals surface area (Å²) >= 11 is 0. The predicted molar refractivity (Wildman–Crippen MR) is 65.7 cm³/mol. The third-order valence-corrected chi connectivity index (χ3v) is 3.41. The monoisotopic (exact) mass is 283 g/mol. The third-order valence-electron chi connectivity index (χ3n) is 1.98. The van der Waals surface area contributed by atoms with Crippen LogP contribution in [0, 0.1) is 0 Å². The Balaban J connectivity index is 4.02. The number of carboxylic acid groups (broad SMARTS) is 1. The molecular weight excluding hydrogens is 262 g/mol. The number of carbonyl (C=O) groups is 1. The van der Waals surface area contributed by atoms with Crippen LogP contribution in [0.25, 0.3) is 0 Å². The molecule has 0 heterocycles. The van der Waals surface area contributed by atoms with Crippen LogP contribution in [-0.2, 0) is 24.3 Å². The van der Waals surface area contributed by atoms with E-state index in [4.69, 9.17) is 14.6 Å². The first kappa shape index (κ1) is 17.3. The Morgan fingerprint density at radius 2 is 1.83 bits per heavy atom. The van der Waals surface area contributed by atoms with Gasteiger partial charge in [-0.15, -0.1) is 0 Å². The second kappa shape index (κ2) is 9.26. The number of hydrogen-bond donors (Lipinski definition) is 2. The van der Waals surface area contributed by atoms with Crippen molar-refractivity contribution in [1.82, 2.24) is 4.72 Å². The van der Waals surface area contributed by atoms with Gasteiger partial charge in [-0.2, -0.15) is 0 Å². The van der Waals surface area contributed by atoms with Gasteiger partial charge in [0.2, 0.25) is 10.0 Å². The lowest BCUT2D eigenvalue weighted by molar-refractivity contribution is -0.137. The molecule has 0 aliphatic rings. The summed E-state index contributed by atoms with van der Waals surface area (Å²) in [6, 6.07) is 0. The Labute approximate surface area is 108 Å². The van der Waals surface area contributed by atoms with E-state index in [1.54, 1.807) is 13.8 Å². The molecule has 0 amide bonds. The van der Waals surface area contributed by atoms with Crippen molar-refractivity contribution in [1.29, 1.82) is 0 Å². The van der Waals surface area contributed by atoms with E-state index in [0.29, 0.717) is 13.2 Å². The van der Waals surface area contributed by atoms with Crippen LogP contribution < -0.4 is 4.72 Å². The minimum atomic E-state index is -3.48. The first-order valence-corrected chi connectivity index (χ1v) is 7.48. The van der Waals surface area contributed by atoms with E-state index in [9.17, 15) is 13.2 Å². The Hall–Kier alpha value is -0.700. The van der Waals surface area contributed by atoms with Crippen LogP contribution in [0.2, 0.25) is 0 Å². The Morgan fingerprint density at radius 3 is 2.28 bits per heavy atom. The fraction of sp³-hybridized carbons (Fsp3) is 0.900. The molecule has 18 heavy (non-hydrogen) atoms. The zero-order chi connectivity index (χ0) is 14.0. The van der Waals surface area contributed by atoms with E-state index in [-0.39, 0.29) is 25.1 Å². The lowest BCUT2D eigenvalue weighted by atomic mass is 10.3. The molecule has 7 nitrogen and oxygen atoms in total. The van der Waals surface area contributed by atoms with E-state index in [1.165, 1.54) is 0 Å². The molecule has 0 aliphatic heterocycles. The maximum Gasteiger partial charge on any atom is 0.303 e. The number of ether oxygens (including phenoxy) is 2. The molecule has 0 unspecified atom stereocenters. The lowest BCUT2D eigenvalue weighted by Crippen LogP contribution is -2.36. The topological polar surface area (TPSA) is 102 Å². The number of nitrogens with one attached hydrogen (secondary N) is 1. The molecule has 8 heteroatoms. The number of sulfonamides is 1. The van der Waals surface area contributed by atoms with Gasteiger partial charge in [-0.1, -0.05) is 0 Å². The van der Waals surface area contributed by atoms with Crippen molar-refractivity contribution in [2.24, 2.45) is 0 Å². The summed E-state index contributed by atoms with van der Waals surface area (Å²) in [4.78, 5) is 10.3. The average Bonchev–Trinajstić information content (AvgIpc) is 2.26. The van der Waals surface area contributed by atoms with Crippen molar-refractivity contribution in [3.8, 4) is 0 Å². The van der Waals surface area contributed by atoms with Gasteiger partial charge in [0, 0.05) is 19.6 Å². The smallest absolute Gasteiger partial charge is 0.303 e. The fourth-order valence-electron chi connectivity index (χ4n) is 1.22. The normalized spacial score (nSPS) is 11.9. The highest BCUT2D eigenvalue weighted by atomic mass is 32.2. The molecule has 2 N–H and O–H groups in total. The maximum atomic E-state index is 11.5. The summed E-state index contributed by atoms with van der Waals surface area (Å²) in [5.41, 5.74) is 0. The van der Waals surface area contributed by atoms with Crippen LogP contribution >= 0.6 is 0 Å². The van der Waals surface area contributed by atoms with Gasteiger partial charge in [-0.3, -0.25) is 4.79 Å². The molecule has 0 rings (SSSR count). The van der Waals surface area contributed by atoms with Crippen molar-refractivity contribution in [3.63, 3.8) is 0 Å².